The van der Waals surface area contributed by atoms with Crippen LogP contribution in [0, 0.1) is 5.82 Å². The van der Waals surface area contributed by atoms with Gasteiger partial charge in [-0.15, -0.1) is 11.8 Å². The first-order valence-corrected chi connectivity index (χ1v) is 9.00. The zero-order chi connectivity index (χ0) is 18.9. The molecule has 2 amide bonds. The molecule has 0 saturated carbocycles. The van der Waals surface area contributed by atoms with Crippen molar-refractivity contribution in [2.24, 2.45) is 0 Å². The lowest BCUT2D eigenvalue weighted by Gasteiger charge is -2.25. The summed E-state index contributed by atoms with van der Waals surface area (Å²) < 4.78 is 52.0. The molecule has 2 aromatic carbocycles. The van der Waals surface area contributed by atoms with Gasteiger partial charge in [0, 0.05) is 18.0 Å². The highest BCUT2D eigenvalue weighted by molar-refractivity contribution is 7.99. The van der Waals surface area contributed by atoms with Crippen molar-refractivity contribution in [2.45, 2.75) is 11.6 Å². The predicted molar refractivity (Wildman–Crippen MR) is 93.8 cm³/mol. The minimum absolute atomic E-state index is 0.131. The van der Waals surface area contributed by atoms with E-state index in [4.69, 9.17) is 11.6 Å². The fourth-order valence-corrected chi connectivity index (χ4v) is 4.02. The molecule has 1 aliphatic rings. The highest BCUT2D eigenvalue weighted by atomic mass is 35.5. The normalized spacial score (nSPS) is 17.4. The molecule has 0 bridgehead atoms. The molecular formula is C17H13ClF4N2OS. The number of halogens is 5. The molecule has 0 radical (unpaired) electrons. The lowest BCUT2D eigenvalue weighted by atomic mass is 10.1. The van der Waals surface area contributed by atoms with E-state index in [0.29, 0.717) is 23.5 Å². The second kappa shape index (κ2) is 7.36. The highest BCUT2D eigenvalue weighted by Gasteiger charge is 2.34. The molecule has 1 atom stereocenters. The topological polar surface area (TPSA) is 32.3 Å². The van der Waals surface area contributed by atoms with E-state index in [0.717, 1.165) is 18.2 Å². The number of nitrogens with one attached hydrogen (secondary N) is 1. The van der Waals surface area contributed by atoms with Gasteiger partial charge >= 0.3 is 12.2 Å². The van der Waals surface area contributed by atoms with Gasteiger partial charge < -0.3 is 10.2 Å². The molecule has 9 heteroatoms. The second-order valence-electron chi connectivity index (χ2n) is 5.60. The monoisotopic (exact) mass is 404 g/mol. The van der Waals surface area contributed by atoms with E-state index in [9.17, 15) is 22.4 Å². The fraction of sp³-hybridized carbons (Fsp3) is 0.235. The first kappa shape index (κ1) is 18.8. The maximum atomic E-state index is 13.2. The largest absolute Gasteiger partial charge is 0.416 e. The Hall–Kier alpha value is -1.93. The van der Waals surface area contributed by atoms with E-state index in [1.165, 1.54) is 34.9 Å². The lowest BCUT2D eigenvalue weighted by Crippen LogP contribution is -2.34. The maximum Gasteiger partial charge on any atom is 0.416 e. The van der Waals surface area contributed by atoms with E-state index in [1.54, 1.807) is 6.07 Å². The van der Waals surface area contributed by atoms with Crippen molar-refractivity contribution < 1.29 is 22.4 Å². The van der Waals surface area contributed by atoms with Crippen molar-refractivity contribution in [3.05, 3.63) is 64.4 Å². The SMILES string of the molecule is O=C(Nc1ccc(F)c(Cl)c1)N1CCS[C@@H]1c1cccc(C(F)(F)F)c1. The molecule has 26 heavy (non-hydrogen) atoms. The molecule has 1 heterocycles. The molecule has 0 unspecified atom stereocenters. The number of hydrogen-bond donors (Lipinski definition) is 1. The van der Waals surface area contributed by atoms with Crippen molar-refractivity contribution in [3.63, 3.8) is 0 Å². The smallest absolute Gasteiger partial charge is 0.308 e. The predicted octanol–water partition coefficient (Wildman–Crippen LogP) is 5.78. The van der Waals surface area contributed by atoms with Crippen LogP contribution in [0.4, 0.5) is 28.0 Å². The van der Waals surface area contributed by atoms with Gasteiger partial charge in [-0.05, 0) is 35.9 Å². The molecule has 3 rings (SSSR count). The van der Waals surface area contributed by atoms with Gasteiger partial charge in [0.2, 0.25) is 0 Å². The molecule has 2 aromatic rings. The molecule has 1 N–H and O–H groups in total. The molecule has 0 spiro atoms. The fourth-order valence-electron chi connectivity index (χ4n) is 2.59. The van der Waals surface area contributed by atoms with Crippen LogP contribution < -0.4 is 5.32 Å². The van der Waals surface area contributed by atoms with Crippen molar-refractivity contribution in [1.82, 2.24) is 4.90 Å². The molecule has 0 aromatic heterocycles. The third kappa shape index (κ3) is 4.07. The van der Waals surface area contributed by atoms with Crippen molar-refractivity contribution in [2.75, 3.05) is 17.6 Å². The summed E-state index contributed by atoms with van der Waals surface area (Å²) in [6, 6.07) is 8.21. The summed E-state index contributed by atoms with van der Waals surface area (Å²) in [6.07, 6.45) is -4.45. The first-order chi connectivity index (χ1) is 12.3. The Bertz CT molecular complexity index is 831. The molecule has 0 aliphatic carbocycles. The van der Waals surface area contributed by atoms with Crippen LogP contribution in [0.15, 0.2) is 42.5 Å². The molecule has 138 valence electrons. The first-order valence-electron chi connectivity index (χ1n) is 7.57. The van der Waals surface area contributed by atoms with Crippen molar-refractivity contribution >= 4 is 35.1 Å². The summed E-state index contributed by atoms with van der Waals surface area (Å²) in [5, 5.41) is 1.93. The van der Waals surface area contributed by atoms with Gasteiger partial charge in [0.15, 0.2) is 0 Å². The molecule has 1 aliphatic heterocycles. The van der Waals surface area contributed by atoms with Gasteiger partial charge in [0.05, 0.1) is 10.6 Å². The standard InChI is InChI=1S/C17H13ClF4N2OS/c18-13-9-12(4-5-14(13)19)23-16(25)24-6-7-26-15(24)10-2-1-3-11(8-10)17(20,21)22/h1-5,8-9,15H,6-7H2,(H,23,25)/t15-/m1/s1. The number of alkyl halides is 3. The number of urea groups is 1. The zero-order valence-corrected chi connectivity index (χ0v) is 14.8. The van der Waals surface area contributed by atoms with Crippen LogP contribution >= 0.6 is 23.4 Å². The molecular weight excluding hydrogens is 392 g/mol. The van der Waals surface area contributed by atoms with Gasteiger partial charge in [-0.3, -0.25) is 0 Å². The number of benzene rings is 2. The number of hydrogen-bond acceptors (Lipinski definition) is 2. The minimum atomic E-state index is -4.45. The van der Waals surface area contributed by atoms with Crippen molar-refractivity contribution in [1.29, 1.82) is 0 Å². The van der Waals surface area contributed by atoms with Crippen LogP contribution in [0.1, 0.15) is 16.5 Å². The summed E-state index contributed by atoms with van der Waals surface area (Å²) >= 11 is 7.07. The average molecular weight is 405 g/mol. The van der Waals surface area contributed by atoms with Gasteiger partial charge in [-0.1, -0.05) is 23.7 Å². The Morgan fingerprint density at radius 3 is 2.69 bits per heavy atom. The Morgan fingerprint density at radius 2 is 2.00 bits per heavy atom. The summed E-state index contributed by atoms with van der Waals surface area (Å²) in [5.41, 5.74) is -0.0520. The van der Waals surface area contributed by atoms with E-state index in [2.05, 4.69) is 5.32 Å². The van der Waals surface area contributed by atoms with Gasteiger partial charge in [-0.25, -0.2) is 9.18 Å². The van der Waals surface area contributed by atoms with E-state index < -0.39 is 29.0 Å². The van der Waals surface area contributed by atoms with Gasteiger partial charge in [0.1, 0.15) is 11.2 Å². The average Bonchev–Trinajstić information content (AvgIpc) is 3.07. The summed E-state index contributed by atoms with van der Waals surface area (Å²) in [7, 11) is 0. The van der Waals surface area contributed by atoms with E-state index >= 15 is 0 Å². The van der Waals surface area contributed by atoms with Crippen molar-refractivity contribution in [3.8, 4) is 0 Å². The van der Waals surface area contributed by atoms with Crippen LogP contribution in [0.25, 0.3) is 0 Å². The van der Waals surface area contributed by atoms with Gasteiger partial charge in [-0.2, -0.15) is 13.2 Å². The number of thioether (sulfide) groups is 1. The zero-order valence-electron chi connectivity index (χ0n) is 13.2. The number of nitrogens with zero attached hydrogens (tertiary/aromatic N) is 1. The number of rotatable bonds is 2. The Labute approximate surface area is 156 Å². The quantitative estimate of drug-likeness (QED) is 0.644. The highest BCUT2D eigenvalue weighted by Crippen LogP contribution is 2.40. The number of amides is 2. The van der Waals surface area contributed by atoms with Crippen LogP contribution in [0.2, 0.25) is 5.02 Å². The van der Waals surface area contributed by atoms with Crippen LogP contribution in [0.3, 0.4) is 0 Å². The van der Waals surface area contributed by atoms with Gasteiger partial charge in [0.25, 0.3) is 0 Å². The molecule has 1 fully saturated rings. The molecule has 3 nitrogen and oxygen atoms in total. The number of carbonyl (C=O) groups is 1. The summed E-state index contributed by atoms with van der Waals surface area (Å²) in [4.78, 5) is 14.0. The minimum Gasteiger partial charge on any atom is -0.308 e. The van der Waals surface area contributed by atoms with E-state index in [1.807, 2.05) is 0 Å². The number of carbonyl (C=O) groups excluding carboxylic acids is 1. The van der Waals surface area contributed by atoms with Crippen LogP contribution in [-0.4, -0.2) is 23.2 Å². The third-order valence-corrected chi connectivity index (χ3v) is 5.37. The Balaban J connectivity index is 1.79. The Kier molecular flexibility index (Phi) is 5.34. The van der Waals surface area contributed by atoms with E-state index in [-0.39, 0.29) is 5.02 Å². The van der Waals surface area contributed by atoms with Crippen LogP contribution in [0.5, 0.6) is 0 Å². The Morgan fingerprint density at radius 1 is 1.23 bits per heavy atom. The lowest BCUT2D eigenvalue weighted by molar-refractivity contribution is -0.137. The molecule has 1 saturated heterocycles. The third-order valence-electron chi connectivity index (χ3n) is 3.82. The number of anilines is 1. The van der Waals surface area contributed by atoms with Crippen LogP contribution in [-0.2, 0) is 6.18 Å². The maximum absolute atomic E-state index is 13.2. The summed E-state index contributed by atoms with van der Waals surface area (Å²) in [5.74, 6) is -0.0124. The summed E-state index contributed by atoms with van der Waals surface area (Å²) in [6.45, 7) is 0.381. The second-order valence-corrected chi connectivity index (χ2v) is 7.19.